The number of aromatic nitrogens is 2. The third-order valence-corrected chi connectivity index (χ3v) is 3.46. The summed E-state index contributed by atoms with van der Waals surface area (Å²) in [5, 5.41) is 15.8. The molecule has 0 spiro atoms. The van der Waals surface area contributed by atoms with Crippen LogP contribution < -0.4 is 10.1 Å². The molecule has 1 aromatic carbocycles. The van der Waals surface area contributed by atoms with Crippen LogP contribution in [-0.4, -0.2) is 33.9 Å². The van der Waals surface area contributed by atoms with Crippen molar-refractivity contribution in [1.29, 1.82) is 0 Å². The maximum absolute atomic E-state index is 13.8. The summed E-state index contributed by atoms with van der Waals surface area (Å²) in [4.78, 5) is 23.6. The average Bonchev–Trinajstić information content (AvgIpc) is 2.82. The molecule has 24 heavy (non-hydrogen) atoms. The van der Waals surface area contributed by atoms with E-state index in [1.54, 1.807) is 19.9 Å². The number of halogens is 1. The zero-order valence-electron chi connectivity index (χ0n) is 13.5. The van der Waals surface area contributed by atoms with Crippen molar-refractivity contribution >= 4 is 11.9 Å². The Bertz CT molecular complexity index is 773. The normalized spacial score (nSPS) is 11.8. The van der Waals surface area contributed by atoms with Crippen molar-refractivity contribution in [3.8, 4) is 5.75 Å². The van der Waals surface area contributed by atoms with Crippen molar-refractivity contribution in [1.82, 2.24) is 15.1 Å². The van der Waals surface area contributed by atoms with E-state index >= 15 is 0 Å². The van der Waals surface area contributed by atoms with Gasteiger partial charge in [0.2, 0.25) is 5.91 Å². The van der Waals surface area contributed by atoms with Gasteiger partial charge >= 0.3 is 5.97 Å². The molecule has 0 bridgehead atoms. The highest BCUT2D eigenvalue weighted by Gasteiger charge is 2.23. The van der Waals surface area contributed by atoms with Gasteiger partial charge in [0.1, 0.15) is 6.54 Å². The highest BCUT2D eigenvalue weighted by Crippen LogP contribution is 2.22. The Balaban J connectivity index is 2.16. The number of nitrogens with zero attached hydrogens (tertiary/aromatic N) is 2. The Labute approximate surface area is 138 Å². The van der Waals surface area contributed by atoms with Crippen molar-refractivity contribution in [3.05, 3.63) is 47.0 Å². The lowest BCUT2D eigenvalue weighted by atomic mass is 10.1. The van der Waals surface area contributed by atoms with E-state index in [9.17, 15) is 19.1 Å². The molecule has 1 unspecified atom stereocenters. The summed E-state index contributed by atoms with van der Waals surface area (Å²) < 4.78 is 20.0. The third-order valence-electron chi connectivity index (χ3n) is 3.46. The minimum atomic E-state index is -1.37. The highest BCUT2D eigenvalue weighted by atomic mass is 19.1. The number of aryl methyl sites for hydroxylation is 2. The Morgan fingerprint density at radius 1 is 1.38 bits per heavy atom. The second kappa shape index (κ2) is 7.12. The van der Waals surface area contributed by atoms with Crippen LogP contribution in [0.15, 0.2) is 24.3 Å². The molecular formula is C16H18FN3O4. The van der Waals surface area contributed by atoms with Crippen molar-refractivity contribution < 1.29 is 23.8 Å². The smallest absolute Gasteiger partial charge is 0.330 e. The monoisotopic (exact) mass is 335 g/mol. The number of hydrogen-bond donors (Lipinski definition) is 2. The molecule has 1 amide bonds. The van der Waals surface area contributed by atoms with E-state index in [4.69, 9.17) is 4.74 Å². The molecule has 0 saturated heterocycles. The molecule has 0 fully saturated rings. The van der Waals surface area contributed by atoms with Crippen LogP contribution in [0.1, 0.15) is 23.0 Å². The van der Waals surface area contributed by atoms with Gasteiger partial charge in [-0.3, -0.25) is 9.48 Å². The maximum Gasteiger partial charge on any atom is 0.330 e. The van der Waals surface area contributed by atoms with E-state index in [0.29, 0.717) is 0 Å². The zero-order chi connectivity index (χ0) is 17.9. The molecule has 0 saturated carbocycles. The zero-order valence-corrected chi connectivity index (χ0v) is 13.5. The van der Waals surface area contributed by atoms with Gasteiger partial charge in [-0.1, -0.05) is 6.07 Å². The van der Waals surface area contributed by atoms with Crippen molar-refractivity contribution in [2.75, 3.05) is 7.11 Å². The van der Waals surface area contributed by atoms with Crippen molar-refractivity contribution in [2.45, 2.75) is 26.4 Å². The van der Waals surface area contributed by atoms with E-state index in [2.05, 4.69) is 10.4 Å². The van der Waals surface area contributed by atoms with E-state index in [-0.39, 0.29) is 17.9 Å². The van der Waals surface area contributed by atoms with Crippen LogP contribution in [0.3, 0.4) is 0 Å². The molecule has 2 aromatic rings. The van der Waals surface area contributed by atoms with Crippen LogP contribution in [0, 0.1) is 19.7 Å². The fraction of sp³-hybridized carbons (Fsp3) is 0.312. The van der Waals surface area contributed by atoms with E-state index in [0.717, 1.165) is 17.5 Å². The lowest BCUT2D eigenvalue weighted by molar-refractivity contribution is -0.142. The number of methoxy groups -OCH3 is 1. The minimum Gasteiger partial charge on any atom is -0.494 e. The molecule has 2 N–H and O–H groups in total. The molecule has 1 aromatic heterocycles. The minimum absolute atomic E-state index is 0.00291. The molecule has 0 aliphatic carbocycles. The number of hydrogen-bond acceptors (Lipinski definition) is 4. The van der Waals surface area contributed by atoms with Crippen LogP contribution in [0.5, 0.6) is 5.75 Å². The summed E-state index contributed by atoms with van der Waals surface area (Å²) >= 11 is 0. The van der Waals surface area contributed by atoms with Crippen LogP contribution >= 0.6 is 0 Å². The second-order valence-electron chi connectivity index (χ2n) is 5.32. The lowest BCUT2D eigenvalue weighted by Crippen LogP contribution is -2.36. The Morgan fingerprint density at radius 3 is 2.58 bits per heavy atom. The van der Waals surface area contributed by atoms with E-state index in [1.165, 1.54) is 23.9 Å². The highest BCUT2D eigenvalue weighted by molar-refractivity contribution is 5.84. The standard InChI is InChI=1S/C16H18FN3O4/c1-9-6-10(2)20(19-9)8-14(21)18-15(16(22)23)11-4-5-13(24-3)12(17)7-11/h4-7,15H,8H2,1-3H3,(H,18,21)(H,22,23). The fourth-order valence-corrected chi connectivity index (χ4v) is 2.33. The van der Waals surface area contributed by atoms with Gasteiger partial charge in [0.15, 0.2) is 17.6 Å². The predicted octanol–water partition coefficient (Wildman–Crippen LogP) is 1.59. The Morgan fingerprint density at radius 2 is 2.08 bits per heavy atom. The molecule has 0 aliphatic heterocycles. The lowest BCUT2D eigenvalue weighted by Gasteiger charge is -2.16. The van der Waals surface area contributed by atoms with Gasteiger partial charge in [-0.15, -0.1) is 0 Å². The molecule has 2 rings (SSSR count). The average molecular weight is 335 g/mol. The van der Waals surface area contributed by atoms with Gasteiger partial charge in [-0.05, 0) is 37.6 Å². The number of carbonyl (C=O) groups is 2. The van der Waals surface area contributed by atoms with Crippen LogP contribution in [0.25, 0.3) is 0 Å². The third kappa shape index (κ3) is 3.89. The SMILES string of the molecule is COc1ccc(C(NC(=O)Cn2nc(C)cc2C)C(=O)O)cc1F. The first-order chi connectivity index (χ1) is 11.3. The van der Waals surface area contributed by atoms with E-state index < -0.39 is 23.7 Å². The van der Waals surface area contributed by atoms with Gasteiger partial charge in [-0.2, -0.15) is 5.10 Å². The number of ether oxygens (including phenoxy) is 1. The summed E-state index contributed by atoms with van der Waals surface area (Å²) in [5.74, 6) is -2.53. The molecule has 0 radical (unpaired) electrons. The summed E-state index contributed by atoms with van der Waals surface area (Å²) in [7, 11) is 1.31. The second-order valence-corrected chi connectivity index (χ2v) is 5.32. The summed E-state index contributed by atoms with van der Waals surface area (Å²) in [6.45, 7) is 3.46. The molecular weight excluding hydrogens is 317 g/mol. The Hall–Kier alpha value is -2.90. The van der Waals surface area contributed by atoms with Crippen molar-refractivity contribution in [3.63, 3.8) is 0 Å². The molecule has 7 nitrogen and oxygen atoms in total. The molecule has 128 valence electrons. The number of carbonyl (C=O) groups excluding carboxylic acids is 1. The van der Waals surface area contributed by atoms with Crippen LogP contribution in [0.4, 0.5) is 4.39 Å². The number of benzene rings is 1. The fourth-order valence-electron chi connectivity index (χ4n) is 2.33. The number of amides is 1. The van der Waals surface area contributed by atoms with Gasteiger partial charge in [0, 0.05) is 5.69 Å². The largest absolute Gasteiger partial charge is 0.494 e. The molecule has 1 atom stereocenters. The van der Waals surface area contributed by atoms with Crippen molar-refractivity contribution in [2.24, 2.45) is 0 Å². The predicted molar refractivity (Wildman–Crippen MR) is 83.2 cm³/mol. The number of aliphatic carboxylic acids is 1. The van der Waals surface area contributed by atoms with Gasteiger partial charge < -0.3 is 15.2 Å². The molecule has 0 aliphatic rings. The quantitative estimate of drug-likeness (QED) is 0.836. The van der Waals surface area contributed by atoms with Gasteiger partial charge in [0.25, 0.3) is 0 Å². The summed E-state index contributed by atoms with van der Waals surface area (Å²) in [6, 6.07) is 4.18. The number of nitrogens with one attached hydrogen (secondary N) is 1. The maximum atomic E-state index is 13.8. The first-order valence-electron chi connectivity index (χ1n) is 7.18. The Kier molecular flexibility index (Phi) is 5.18. The first kappa shape index (κ1) is 17.5. The van der Waals surface area contributed by atoms with Gasteiger partial charge in [0.05, 0.1) is 12.8 Å². The van der Waals surface area contributed by atoms with Crippen LogP contribution in [-0.2, 0) is 16.1 Å². The summed E-state index contributed by atoms with van der Waals surface area (Å²) in [5.41, 5.74) is 1.65. The molecule has 1 heterocycles. The number of carboxylic acid groups (broad SMARTS) is 1. The van der Waals surface area contributed by atoms with E-state index in [1.807, 2.05) is 0 Å². The summed E-state index contributed by atoms with van der Waals surface area (Å²) in [6.07, 6.45) is 0. The number of carboxylic acids is 1. The van der Waals surface area contributed by atoms with Crippen LogP contribution in [0.2, 0.25) is 0 Å². The topological polar surface area (TPSA) is 93.5 Å². The van der Waals surface area contributed by atoms with Gasteiger partial charge in [-0.25, -0.2) is 9.18 Å². The molecule has 8 heteroatoms. The number of rotatable bonds is 6. The first-order valence-corrected chi connectivity index (χ1v) is 7.18.